The van der Waals surface area contributed by atoms with E-state index in [4.69, 9.17) is 0 Å². The summed E-state index contributed by atoms with van der Waals surface area (Å²) in [4.78, 5) is 2.58. The molecule has 3 nitrogen and oxygen atoms in total. The summed E-state index contributed by atoms with van der Waals surface area (Å²) >= 11 is 0. The molecule has 23 heavy (non-hydrogen) atoms. The van der Waals surface area contributed by atoms with Gasteiger partial charge in [0.15, 0.2) is 0 Å². The van der Waals surface area contributed by atoms with Crippen molar-refractivity contribution >= 4 is 0 Å². The lowest BCUT2D eigenvalue weighted by Crippen LogP contribution is -2.37. The van der Waals surface area contributed by atoms with Gasteiger partial charge in [0.2, 0.25) is 0 Å². The number of aromatic nitrogens is 2. The number of benzene rings is 1. The highest BCUT2D eigenvalue weighted by molar-refractivity contribution is 5.65. The molecule has 0 spiro atoms. The van der Waals surface area contributed by atoms with Crippen LogP contribution in [0.15, 0.2) is 30.5 Å². The Kier molecular flexibility index (Phi) is 5.11. The fourth-order valence-electron chi connectivity index (χ4n) is 3.49. The summed E-state index contributed by atoms with van der Waals surface area (Å²) in [5.41, 5.74) is 3.35. The van der Waals surface area contributed by atoms with Gasteiger partial charge in [0, 0.05) is 30.3 Å². The number of H-pyrrole nitrogens is 1. The van der Waals surface area contributed by atoms with Crippen LogP contribution >= 0.6 is 0 Å². The first-order chi connectivity index (χ1) is 11.2. The SMILES string of the molecule is CC[C@H](C)CN1CCC[C@H](c2[nH]ncc2-c2ccc(F)cc2)C1. The predicted octanol–water partition coefficient (Wildman–Crippen LogP) is 4.44. The van der Waals surface area contributed by atoms with Gasteiger partial charge in [0.25, 0.3) is 0 Å². The predicted molar refractivity (Wildman–Crippen MR) is 91.9 cm³/mol. The van der Waals surface area contributed by atoms with Crippen LogP contribution in [0.2, 0.25) is 0 Å². The second-order valence-corrected chi connectivity index (χ2v) is 6.82. The minimum absolute atomic E-state index is 0.198. The topological polar surface area (TPSA) is 31.9 Å². The van der Waals surface area contributed by atoms with Gasteiger partial charge in [-0.2, -0.15) is 5.10 Å². The summed E-state index contributed by atoms with van der Waals surface area (Å²) in [6, 6.07) is 6.71. The molecule has 1 N–H and O–H groups in total. The van der Waals surface area contributed by atoms with Crippen LogP contribution in [0.5, 0.6) is 0 Å². The highest BCUT2D eigenvalue weighted by atomic mass is 19.1. The first-order valence-corrected chi connectivity index (χ1v) is 8.69. The summed E-state index contributed by atoms with van der Waals surface area (Å²) in [7, 11) is 0. The third-order valence-electron chi connectivity index (χ3n) is 5.00. The van der Waals surface area contributed by atoms with E-state index in [-0.39, 0.29) is 5.82 Å². The fraction of sp³-hybridized carbons (Fsp3) is 0.526. The molecule has 1 aliphatic heterocycles. The average Bonchev–Trinajstić information content (AvgIpc) is 3.05. The molecule has 0 aliphatic carbocycles. The number of likely N-dealkylation sites (tertiary alicyclic amines) is 1. The number of nitrogens with one attached hydrogen (secondary N) is 1. The van der Waals surface area contributed by atoms with E-state index in [1.807, 2.05) is 18.3 Å². The molecular formula is C19H26FN3. The van der Waals surface area contributed by atoms with Gasteiger partial charge >= 0.3 is 0 Å². The van der Waals surface area contributed by atoms with E-state index in [0.717, 1.165) is 23.6 Å². The van der Waals surface area contributed by atoms with Crippen molar-refractivity contribution in [2.45, 2.75) is 39.0 Å². The average molecular weight is 315 g/mol. The normalized spacial score (nSPS) is 20.6. The van der Waals surface area contributed by atoms with Crippen LogP contribution in [0.3, 0.4) is 0 Å². The maximum absolute atomic E-state index is 13.2. The first-order valence-electron chi connectivity index (χ1n) is 8.69. The minimum Gasteiger partial charge on any atom is -0.302 e. The summed E-state index contributed by atoms with van der Waals surface area (Å²) < 4.78 is 13.2. The summed E-state index contributed by atoms with van der Waals surface area (Å²) in [6.07, 6.45) is 5.51. The zero-order valence-corrected chi connectivity index (χ0v) is 14.1. The van der Waals surface area contributed by atoms with E-state index < -0.39 is 0 Å². The van der Waals surface area contributed by atoms with E-state index in [2.05, 4.69) is 28.9 Å². The molecule has 0 unspecified atom stereocenters. The molecule has 1 aromatic carbocycles. The van der Waals surface area contributed by atoms with Crippen LogP contribution < -0.4 is 0 Å². The quantitative estimate of drug-likeness (QED) is 0.884. The van der Waals surface area contributed by atoms with Crippen LogP contribution in [-0.2, 0) is 0 Å². The maximum atomic E-state index is 13.2. The van der Waals surface area contributed by atoms with Crippen molar-refractivity contribution in [2.75, 3.05) is 19.6 Å². The Morgan fingerprint density at radius 3 is 2.87 bits per heavy atom. The van der Waals surface area contributed by atoms with Gasteiger partial charge in [-0.3, -0.25) is 5.10 Å². The first kappa shape index (κ1) is 16.2. The number of rotatable bonds is 5. The van der Waals surface area contributed by atoms with Crippen LogP contribution in [0.4, 0.5) is 4.39 Å². The highest BCUT2D eigenvalue weighted by Crippen LogP contribution is 2.33. The van der Waals surface area contributed by atoms with E-state index in [1.165, 1.54) is 50.2 Å². The molecule has 2 atom stereocenters. The fourth-order valence-corrected chi connectivity index (χ4v) is 3.49. The van der Waals surface area contributed by atoms with Crippen LogP contribution in [-0.4, -0.2) is 34.7 Å². The lowest BCUT2D eigenvalue weighted by molar-refractivity contribution is 0.180. The maximum Gasteiger partial charge on any atom is 0.123 e. The molecule has 4 heteroatoms. The molecule has 124 valence electrons. The zero-order chi connectivity index (χ0) is 16.2. The lowest BCUT2D eigenvalue weighted by atomic mass is 9.90. The van der Waals surface area contributed by atoms with Gasteiger partial charge in [-0.1, -0.05) is 32.4 Å². The Bertz CT molecular complexity index is 620. The van der Waals surface area contributed by atoms with E-state index in [0.29, 0.717) is 5.92 Å². The summed E-state index contributed by atoms with van der Waals surface area (Å²) in [5.74, 6) is 1.03. The summed E-state index contributed by atoms with van der Waals surface area (Å²) in [6.45, 7) is 8.03. The Morgan fingerprint density at radius 1 is 1.35 bits per heavy atom. The molecule has 3 rings (SSSR count). The standard InChI is InChI=1S/C19H26FN3/c1-3-14(2)12-23-10-4-5-16(13-23)19-18(11-21-22-19)15-6-8-17(20)9-7-15/h6-9,11,14,16H,3-5,10,12-13H2,1-2H3,(H,21,22)/t14-,16-/m0/s1. The number of piperidine rings is 1. The second-order valence-electron chi connectivity index (χ2n) is 6.82. The van der Waals surface area contributed by atoms with Gasteiger partial charge in [-0.15, -0.1) is 0 Å². The van der Waals surface area contributed by atoms with Crippen molar-refractivity contribution in [3.8, 4) is 11.1 Å². The van der Waals surface area contributed by atoms with Gasteiger partial charge < -0.3 is 4.90 Å². The third-order valence-corrected chi connectivity index (χ3v) is 5.00. The highest BCUT2D eigenvalue weighted by Gasteiger charge is 2.25. The largest absolute Gasteiger partial charge is 0.302 e. The van der Waals surface area contributed by atoms with Gasteiger partial charge in [0.1, 0.15) is 5.82 Å². The van der Waals surface area contributed by atoms with Gasteiger partial charge in [-0.05, 0) is 43.0 Å². The molecule has 0 radical (unpaired) electrons. The number of hydrogen-bond donors (Lipinski definition) is 1. The van der Waals surface area contributed by atoms with Crippen molar-refractivity contribution in [2.24, 2.45) is 5.92 Å². The van der Waals surface area contributed by atoms with Crippen molar-refractivity contribution < 1.29 is 4.39 Å². The molecule has 0 amide bonds. The van der Waals surface area contributed by atoms with Crippen LogP contribution in [0, 0.1) is 11.7 Å². The number of hydrogen-bond acceptors (Lipinski definition) is 2. The van der Waals surface area contributed by atoms with Gasteiger partial charge in [0.05, 0.1) is 6.20 Å². The van der Waals surface area contributed by atoms with Gasteiger partial charge in [-0.25, -0.2) is 4.39 Å². The number of halogens is 1. The third kappa shape index (κ3) is 3.81. The molecule has 0 saturated carbocycles. The molecule has 1 aromatic heterocycles. The van der Waals surface area contributed by atoms with E-state index in [9.17, 15) is 4.39 Å². The van der Waals surface area contributed by atoms with Crippen molar-refractivity contribution in [3.63, 3.8) is 0 Å². The molecule has 2 aromatic rings. The lowest BCUT2D eigenvalue weighted by Gasteiger charge is -2.34. The molecule has 1 fully saturated rings. The second kappa shape index (κ2) is 7.26. The van der Waals surface area contributed by atoms with Crippen LogP contribution in [0.25, 0.3) is 11.1 Å². The molecule has 0 bridgehead atoms. The molecule has 1 aliphatic rings. The van der Waals surface area contributed by atoms with Crippen molar-refractivity contribution in [1.82, 2.24) is 15.1 Å². The van der Waals surface area contributed by atoms with Crippen LogP contribution in [0.1, 0.15) is 44.7 Å². The van der Waals surface area contributed by atoms with E-state index >= 15 is 0 Å². The number of nitrogens with zero attached hydrogens (tertiary/aromatic N) is 2. The Hall–Kier alpha value is -1.68. The van der Waals surface area contributed by atoms with Crippen molar-refractivity contribution in [1.29, 1.82) is 0 Å². The Balaban J connectivity index is 1.77. The smallest absolute Gasteiger partial charge is 0.123 e. The zero-order valence-electron chi connectivity index (χ0n) is 14.1. The Labute approximate surface area is 137 Å². The van der Waals surface area contributed by atoms with Crippen molar-refractivity contribution in [3.05, 3.63) is 42.0 Å². The molecule has 1 saturated heterocycles. The Morgan fingerprint density at radius 2 is 2.13 bits per heavy atom. The molecular weight excluding hydrogens is 289 g/mol. The van der Waals surface area contributed by atoms with E-state index in [1.54, 1.807) is 0 Å². The summed E-state index contributed by atoms with van der Waals surface area (Å²) in [5, 5.41) is 7.47. The minimum atomic E-state index is -0.198. The monoisotopic (exact) mass is 315 g/mol. The number of aromatic amines is 1. The molecule has 2 heterocycles.